The number of aryl methyl sites for hydroxylation is 1. The monoisotopic (exact) mass is 197 g/mol. The minimum atomic E-state index is 0.605. The first kappa shape index (κ1) is 10.6. The summed E-state index contributed by atoms with van der Waals surface area (Å²) in [5, 5.41) is 7.97. The van der Waals surface area contributed by atoms with Gasteiger partial charge in [0.1, 0.15) is 0 Å². The summed E-state index contributed by atoms with van der Waals surface area (Å²) in [6, 6.07) is 0.605. The molecule has 0 spiro atoms. The van der Waals surface area contributed by atoms with Gasteiger partial charge in [-0.1, -0.05) is 20.8 Å². The molecule has 0 saturated carbocycles. The van der Waals surface area contributed by atoms with E-state index in [1.165, 1.54) is 17.7 Å². The van der Waals surface area contributed by atoms with E-state index in [2.05, 4.69) is 43.8 Å². The lowest BCUT2D eigenvalue weighted by Crippen LogP contribution is -2.24. The highest BCUT2D eigenvalue weighted by Gasteiger charge is 2.11. The van der Waals surface area contributed by atoms with E-state index in [9.17, 15) is 0 Å². The average Bonchev–Trinajstić information content (AvgIpc) is 2.46. The van der Waals surface area contributed by atoms with E-state index in [4.69, 9.17) is 0 Å². The summed E-state index contributed by atoms with van der Waals surface area (Å²) in [5.41, 5.74) is 2.68. The third-order valence-corrected chi connectivity index (χ3v) is 3.30. The predicted molar refractivity (Wildman–Crippen MR) is 61.6 cm³/mol. The molecule has 0 saturated heterocycles. The van der Waals surface area contributed by atoms with E-state index in [1.54, 1.807) is 11.3 Å². The Hall–Kier alpha value is -0.500. The van der Waals surface area contributed by atoms with Gasteiger partial charge in [0.15, 0.2) is 0 Å². The molecular formula is C11H19NS. The van der Waals surface area contributed by atoms with Crippen molar-refractivity contribution in [2.75, 3.05) is 5.32 Å². The molecule has 1 heterocycles. The normalized spacial score (nSPS) is 13.3. The molecule has 0 aliphatic rings. The third-order valence-electron chi connectivity index (χ3n) is 2.44. The molecule has 0 bridgehead atoms. The summed E-state index contributed by atoms with van der Waals surface area (Å²) in [7, 11) is 0. The van der Waals surface area contributed by atoms with Crippen LogP contribution in [0.25, 0.3) is 0 Å². The van der Waals surface area contributed by atoms with Crippen molar-refractivity contribution in [2.24, 2.45) is 5.92 Å². The predicted octanol–water partition coefficient (Wildman–Crippen LogP) is 3.90. The Kier molecular flexibility index (Phi) is 3.79. The molecule has 1 nitrogen and oxygen atoms in total. The van der Waals surface area contributed by atoms with Crippen molar-refractivity contribution in [1.29, 1.82) is 0 Å². The van der Waals surface area contributed by atoms with Gasteiger partial charge in [0.25, 0.3) is 0 Å². The second-order valence-electron chi connectivity index (χ2n) is 3.87. The van der Waals surface area contributed by atoms with Gasteiger partial charge < -0.3 is 5.32 Å². The molecule has 74 valence electrons. The third kappa shape index (κ3) is 2.73. The zero-order valence-corrected chi connectivity index (χ0v) is 9.74. The fourth-order valence-electron chi connectivity index (χ4n) is 1.45. The highest BCUT2D eigenvalue weighted by molar-refractivity contribution is 7.08. The van der Waals surface area contributed by atoms with Gasteiger partial charge in [-0.15, -0.1) is 11.3 Å². The van der Waals surface area contributed by atoms with Crippen molar-refractivity contribution in [3.63, 3.8) is 0 Å². The summed E-state index contributed by atoms with van der Waals surface area (Å²) in [4.78, 5) is 0. The van der Waals surface area contributed by atoms with E-state index >= 15 is 0 Å². The summed E-state index contributed by atoms with van der Waals surface area (Å²) in [6.45, 7) is 8.93. The smallest absolute Gasteiger partial charge is 0.0480 e. The molecule has 0 aliphatic carbocycles. The summed E-state index contributed by atoms with van der Waals surface area (Å²) in [6.07, 6.45) is 1.19. The van der Waals surface area contributed by atoms with Crippen molar-refractivity contribution in [3.05, 3.63) is 16.3 Å². The molecule has 1 aromatic rings. The van der Waals surface area contributed by atoms with Gasteiger partial charge in [-0.05, 0) is 30.2 Å². The van der Waals surface area contributed by atoms with Crippen molar-refractivity contribution in [1.82, 2.24) is 0 Å². The van der Waals surface area contributed by atoms with Crippen LogP contribution in [0.3, 0.4) is 0 Å². The van der Waals surface area contributed by atoms with E-state index < -0.39 is 0 Å². The zero-order chi connectivity index (χ0) is 9.84. The Labute approximate surface area is 85.2 Å². The van der Waals surface area contributed by atoms with Crippen LogP contribution in [0.4, 0.5) is 5.69 Å². The van der Waals surface area contributed by atoms with Crippen LogP contribution in [-0.2, 0) is 0 Å². The molecule has 0 amide bonds. The van der Waals surface area contributed by atoms with Gasteiger partial charge in [0.2, 0.25) is 0 Å². The Bertz CT molecular complexity index is 252. The molecule has 0 fully saturated rings. The van der Waals surface area contributed by atoms with Crippen molar-refractivity contribution < 1.29 is 0 Å². The Morgan fingerprint density at radius 1 is 1.38 bits per heavy atom. The highest BCUT2D eigenvalue weighted by Crippen LogP contribution is 2.22. The van der Waals surface area contributed by atoms with Crippen LogP contribution in [0.1, 0.15) is 32.8 Å². The van der Waals surface area contributed by atoms with Gasteiger partial charge in [0.05, 0.1) is 0 Å². The maximum Gasteiger partial charge on any atom is 0.0480 e. The van der Waals surface area contributed by atoms with E-state index in [-0.39, 0.29) is 0 Å². The van der Waals surface area contributed by atoms with E-state index in [1.807, 2.05) is 0 Å². The van der Waals surface area contributed by atoms with Crippen LogP contribution in [0.15, 0.2) is 10.8 Å². The average molecular weight is 197 g/mol. The number of hydrogen-bond donors (Lipinski definition) is 1. The number of anilines is 1. The standard InChI is InChI=1S/C11H19NS/c1-5-10(8(2)3)12-11-7-13-6-9(11)4/h6-8,10,12H,5H2,1-4H3. The Morgan fingerprint density at radius 2 is 2.08 bits per heavy atom. The number of hydrogen-bond acceptors (Lipinski definition) is 2. The quantitative estimate of drug-likeness (QED) is 0.772. The molecule has 0 aromatic carbocycles. The minimum absolute atomic E-state index is 0.605. The molecule has 2 heteroatoms. The van der Waals surface area contributed by atoms with Crippen LogP contribution < -0.4 is 5.32 Å². The molecule has 1 rings (SSSR count). The van der Waals surface area contributed by atoms with Gasteiger partial charge >= 0.3 is 0 Å². The molecule has 1 N–H and O–H groups in total. The number of thiophene rings is 1. The Balaban J connectivity index is 2.62. The minimum Gasteiger partial charge on any atom is -0.381 e. The van der Waals surface area contributed by atoms with E-state index in [0.29, 0.717) is 12.0 Å². The van der Waals surface area contributed by atoms with Crippen molar-refractivity contribution in [3.8, 4) is 0 Å². The molecular weight excluding hydrogens is 178 g/mol. The largest absolute Gasteiger partial charge is 0.381 e. The first-order chi connectivity index (χ1) is 6.15. The van der Waals surface area contributed by atoms with Crippen molar-refractivity contribution in [2.45, 2.75) is 40.2 Å². The summed E-state index contributed by atoms with van der Waals surface area (Å²) < 4.78 is 0. The van der Waals surface area contributed by atoms with Crippen molar-refractivity contribution >= 4 is 17.0 Å². The molecule has 1 aromatic heterocycles. The first-order valence-electron chi connectivity index (χ1n) is 4.94. The lowest BCUT2D eigenvalue weighted by Gasteiger charge is -2.21. The van der Waals surface area contributed by atoms with Crippen LogP contribution in [0.5, 0.6) is 0 Å². The first-order valence-corrected chi connectivity index (χ1v) is 5.88. The lowest BCUT2D eigenvalue weighted by molar-refractivity contribution is 0.511. The highest BCUT2D eigenvalue weighted by atomic mass is 32.1. The fraction of sp³-hybridized carbons (Fsp3) is 0.636. The van der Waals surface area contributed by atoms with Crippen LogP contribution in [0, 0.1) is 12.8 Å². The van der Waals surface area contributed by atoms with Gasteiger partial charge in [-0.3, -0.25) is 0 Å². The fourth-order valence-corrected chi connectivity index (χ4v) is 2.24. The van der Waals surface area contributed by atoms with Crippen LogP contribution >= 0.6 is 11.3 Å². The van der Waals surface area contributed by atoms with Gasteiger partial charge in [-0.2, -0.15) is 0 Å². The summed E-state index contributed by atoms with van der Waals surface area (Å²) in [5.74, 6) is 0.698. The summed E-state index contributed by atoms with van der Waals surface area (Å²) >= 11 is 1.77. The second kappa shape index (κ2) is 4.66. The zero-order valence-electron chi connectivity index (χ0n) is 8.92. The topological polar surface area (TPSA) is 12.0 Å². The van der Waals surface area contributed by atoms with Crippen LogP contribution in [0.2, 0.25) is 0 Å². The molecule has 13 heavy (non-hydrogen) atoms. The van der Waals surface area contributed by atoms with E-state index in [0.717, 1.165) is 0 Å². The van der Waals surface area contributed by atoms with Crippen LogP contribution in [-0.4, -0.2) is 6.04 Å². The lowest BCUT2D eigenvalue weighted by atomic mass is 10.0. The second-order valence-corrected chi connectivity index (χ2v) is 4.62. The maximum atomic E-state index is 3.59. The van der Waals surface area contributed by atoms with Gasteiger partial charge in [-0.25, -0.2) is 0 Å². The molecule has 1 unspecified atom stereocenters. The molecule has 0 aliphatic heterocycles. The Morgan fingerprint density at radius 3 is 2.46 bits per heavy atom. The maximum absolute atomic E-state index is 3.59. The SMILES string of the molecule is CCC(Nc1cscc1C)C(C)C. The molecule has 0 radical (unpaired) electrons. The number of nitrogens with one attached hydrogen (secondary N) is 1. The molecule has 1 atom stereocenters. The number of rotatable bonds is 4. The van der Waals surface area contributed by atoms with Gasteiger partial charge in [0, 0.05) is 17.1 Å².